The molecule has 5 nitrogen and oxygen atoms in total. The van der Waals surface area contributed by atoms with Gasteiger partial charge in [0.05, 0.1) is 6.54 Å². The van der Waals surface area contributed by atoms with E-state index in [1.54, 1.807) is 24.3 Å². The summed E-state index contributed by atoms with van der Waals surface area (Å²) >= 11 is 5.81. The van der Waals surface area contributed by atoms with Crippen molar-refractivity contribution in [3.05, 3.63) is 29.3 Å². The van der Waals surface area contributed by atoms with Gasteiger partial charge >= 0.3 is 0 Å². The number of likely N-dealkylation sites (N-methyl/N-ethyl adjacent to an activating group) is 1. The van der Waals surface area contributed by atoms with E-state index in [-0.39, 0.29) is 25.6 Å². The number of benzene rings is 1. The highest BCUT2D eigenvalue weighted by atomic mass is 35.5. The van der Waals surface area contributed by atoms with Gasteiger partial charge in [0.25, 0.3) is 0 Å². The largest absolute Gasteiger partial charge is 0.491 e. The van der Waals surface area contributed by atoms with Crippen molar-refractivity contribution in [2.45, 2.75) is 13.0 Å². The zero-order valence-corrected chi connectivity index (χ0v) is 11.6. The van der Waals surface area contributed by atoms with Crippen LogP contribution < -0.4 is 15.4 Å². The standard InChI is InChI=1S/C13H19ClN2O3/c1-2-16-13(18)8-15-7-11(17)9-19-12-5-3-4-10(14)6-12/h3-6,11,15,17H,2,7-9H2,1H3,(H,16,18). The molecule has 0 aromatic heterocycles. The monoisotopic (exact) mass is 286 g/mol. The molecule has 1 aromatic carbocycles. The minimum Gasteiger partial charge on any atom is -0.491 e. The predicted molar refractivity (Wildman–Crippen MR) is 74.5 cm³/mol. The van der Waals surface area contributed by atoms with E-state index < -0.39 is 6.10 Å². The second kappa shape index (κ2) is 8.74. The Morgan fingerprint density at radius 2 is 2.32 bits per heavy atom. The van der Waals surface area contributed by atoms with Crippen LogP contribution in [0.5, 0.6) is 5.75 Å². The van der Waals surface area contributed by atoms with E-state index in [4.69, 9.17) is 16.3 Å². The van der Waals surface area contributed by atoms with Crippen LogP contribution in [0.2, 0.25) is 5.02 Å². The lowest BCUT2D eigenvalue weighted by molar-refractivity contribution is -0.120. The third kappa shape index (κ3) is 7.00. The minimum absolute atomic E-state index is 0.0922. The quantitative estimate of drug-likeness (QED) is 0.661. The summed E-state index contributed by atoms with van der Waals surface area (Å²) in [4.78, 5) is 11.1. The molecular formula is C13H19ClN2O3. The minimum atomic E-state index is -0.687. The molecule has 0 radical (unpaired) electrons. The van der Waals surface area contributed by atoms with E-state index >= 15 is 0 Å². The lowest BCUT2D eigenvalue weighted by Crippen LogP contribution is -2.38. The van der Waals surface area contributed by atoms with Gasteiger partial charge in [-0.3, -0.25) is 4.79 Å². The van der Waals surface area contributed by atoms with E-state index in [9.17, 15) is 9.90 Å². The van der Waals surface area contributed by atoms with Crippen molar-refractivity contribution in [3.8, 4) is 5.75 Å². The number of nitrogens with one attached hydrogen (secondary N) is 2. The van der Waals surface area contributed by atoms with Crippen LogP contribution in [0.1, 0.15) is 6.92 Å². The van der Waals surface area contributed by atoms with Gasteiger partial charge in [-0.15, -0.1) is 0 Å². The van der Waals surface area contributed by atoms with Gasteiger partial charge in [-0.25, -0.2) is 0 Å². The van der Waals surface area contributed by atoms with Crippen molar-refractivity contribution < 1.29 is 14.6 Å². The van der Waals surface area contributed by atoms with Crippen LogP contribution >= 0.6 is 11.6 Å². The molecular weight excluding hydrogens is 268 g/mol. The highest BCUT2D eigenvalue weighted by molar-refractivity contribution is 6.30. The van der Waals surface area contributed by atoms with E-state index in [1.165, 1.54) is 0 Å². The zero-order valence-electron chi connectivity index (χ0n) is 10.9. The fourth-order valence-electron chi connectivity index (χ4n) is 1.42. The molecule has 6 heteroatoms. The number of hydrogen-bond acceptors (Lipinski definition) is 4. The van der Waals surface area contributed by atoms with Crippen LogP contribution in [-0.2, 0) is 4.79 Å². The topological polar surface area (TPSA) is 70.6 Å². The van der Waals surface area contributed by atoms with Gasteiger partial charge in [0.1, 0.15) is 18.5 Å². The van der Waals surface area contributed by atoms with Crippen molar-refractivity contribution in [2.24, 2.45) is 0 Å². The van der Waals surface area contributed by atoms with Gasteiger partial charge in [-0.05, 0) is 25.1 Å². The molecule has 0 saturated carbocycles. The smallest absolute Gasteiger partial charge is 0.233 e. The predicted octanol–water partition coefficient (Wildman–Crippen LogP) is 0.805. The normalized spacial score (nSPS) is 11.9. The molecule has 1 atom stereocenters. The Bertz CT molecular complexity index is 401. The Balaban J connectivity index is 2.17. The zero-order chi connectivity index (χ0) is 14.1. The molecule has 0 heterocycles. The molecule has 1 unspecified atom stereocenters. The SMILES string of the molecule is CCNC(=O)CNCC(O)COc1cccc(Cl)c1. The van der Waals surface area contributed by atoms with Crippen LogP contribution in [-0.4, -0.2) is 43.4 Å². The van der Waals surface area contributed by atoms with Gasteiger partial charge in [0.2, 0.25) is 5.91 Å². The highest BCUT2D eigenvalue weighted by Gasteiger charge is 2.06. The molecule has 0 aliphatic carbocycles. The fraction of sp³-hybridized carbons (Fsp3) is 0.462. The average molecular weight is 287 g/mol. The van der Waals surface area contributed by atoms with Crippen molar-refractivity contribution in [1.82, 2.24) is 10.6 Å². The van der Waals surface area contributed by atoms with Crippen LogP contribution in [0.15, 0.2) is 24.3 Å². The van der Waals surface area contributed by atoms with E-state index in [0.29, 0.717) is 17.3 Å². The Morgan fingerprint density at radius 1 is 1.53 bits per heavy atom. The molecule has 3 N–H and O–H groups in total. The number of carbonyl (C=O) groups excluding carboxylic acids is 1. The van der Waals surface area contributed by atoms with E-state index in [0.717, 1.165) is 0 Å². The van der Waals surface area contributed by atoms with E-state index in [1.807, 2.05) is 6.92 Å². The number of rotatable bonds is 8. The molecule has 0 aliphatic rings. The number of carbonyl (C=O) groups is 1. The van der Waals surface area contributed by atoms with Crippen LogP contribution in [0.4, 0.5) is 0 Å². The van der Waals surface area contributed by atoms with Crippen LogP contribution in [0.25, 0.3) is 0 Å². The summed E-state index contributed by atoms with van der Waals surface area (Å²) in [6.07, 6.45) is -0.687. The fourth-order valence-corrected chi connectivity index (χ4v) is 1.60. The molecule has 106 valence electrons. The third-order valence-electron chi connectivity index (χ3n) is 2.28. The summed E-state index contributed by atoms with van der Waals surface area (Å²) in [6.45, 7) is 3.06. The van der Waals surface area contributed by atoms with Crippen LogP contribution in [0, 0.1) is 0 Å². The number of amides is 1. The Morgan fingerprint density at radius 3 is 3.00 bits per heavy atom. The first-order valence-electron chi connectivity index (χ1n) is 6.15. The van der Waals surface area contributed by atoms with Crippen molar-refractivity contribution in [2.75, 3.05) is 26.2 Å². The van der Waals surface area contributed by atoms with Gasteiger partial charge in [0.15, 0.2) is 0 Å². The van der Waals surface area contributed by atoms with E-state index in [2.05, 4.69) is 10.6 Å². The lowest BCUT2D eigenvalue weighted by atomic mass is 10.3. The number of hydrogen-bond donors (Lipinski definition) is 3. The molecule has 0 fully saturated rings. The molecule has 0 aliphatic heterocycles. The van der Waals surface area contributed by atoms with Crippen LogP contribution in [0.3, 0.4) is 0 Å². The average Bonchev–Trinajstić information content (AvgIpc) is 2.37. The lowest BCUT2D eigenvalue weighted by Gasteiger charge is -2.13. The second-order valence-electron chi connectivity index (χ2n) is 4.01. The van der Waals surface area contributed by atoms with Crippen molar-refractivity contribution in [1.29, 1.82) is 0 Å². The van der Waals surface area contributed by atoms with Gasteiger partial charge in [-0.1, -0.05) is 17.7 Å². The van der Waals surface area contributed by atoms with Gasteiger partial charge < -0.3 is 20.5 Å². The molecule has 1 amide bonds. The summed E-state index contributed by atoms with van der Waals surface area (Å²) in [5.74, 6) is 0.515. The second-order valence-corrected chi connectivity index (χ2v) is 4.44. The molecule has 0 spiro atoms. The summed E-state index contributed by atoms with van der Waals surface area (Å²) in [7, 11) is 0. The summed E-state index contributed by atoms with van der Waals surface area (Å²) < 4.78 is 5.38. The summed E-state index contributed by atoms with van der Waals surface area (Å²) in [5, 5.41) is 15.8. The maximum atomic E-state index is 11.1. The van der Waals surface area contributed by atoms with Crippen molar-refractivity contribution >= 4 is 17.5 Å². The maximum absolute atomic E-state index is 11.1. The number of aliphatic hydroxyl groups is 1. The molecule has 19 heavy (non-hydrogen) atoms. The molecule has 0 saturated heterocycles. The first-order valence-corrected chi connectivity index (χ1v) is 6.53. The Hall–Kier alpha value is -1.30. The first-order chi connectivity index (χ1) is 9.11. The molecule has 1 rings (SSSR count). The number of halogens is 1. The molecule has 0 bridgehead atoms. The summed E-state index contributed by atoms with van der Waals surface area (Å²) in [6, 6.07) is 6.97. The maximum Gasteiger partial charge on any atom is 0.233 e. The Labute approximate surface area is 117 Å². The number of aliphatic hydroxyl groups excluding tert-OH is 1. The number of ether oxygens (including phenoxy) is 1. The third-order valence-corrected chi connectivity index (χ3v) is 2.51. The van der Waals surface area contributed by atoms with Crippen molar-refractivity contribution in [3.63, 3.8) is 0 Å². The van der Waals surface area contributed by atoms with Gasteiger partial charge in [0, 0.05) is 18.1 Å². The Kier molecular flexibility index (Phi) is 7.25. The first kappa shape index (κ1) is 15.8. The highest BCUT2D eigenvalue weighted by Crippen LogP contribution is 2.16. The van der Waals surface area contributed by atoms with Gasteiger partial charge in [-0.2, -0.15) is 0 Å². The summed E-state index contributed by atoms with van der Waals surface area (Å²) in [5.41, 5.74) is 0. The molecule has 1 aromatic rings.